The lowest BCUT2D eigenvalue weighted by Crippen LogP contribution is -2.14. The summed E-state index contributed by atoms with van der Waals surface area (Å²) in [4.78, 5) is 3.64. The van der Waals surface area contributed by atoms with Crippen molar-refractivity contribution in [3.05, 3.63) is 34.6 Å². The number of hydrogen-bond acceptors (Lipinski definition) is 4. The summed E-state index contributed by atoms with van der Waals surface area (Å²) in [5.41, 5.74) is 7.31. The molecule has 1 atom stereocenters. The average Bonchev–Trinajstić information content (AvgIpc) is 2.64. The minimum Gasteiger partial charge on any atom is -0.323 e. The summed E-state index contributed by atoms with van der Waals surface area (Å²) in [6.07, 6.45) is 1.41. The van der Waals surface area contributed by atoms with Gasteiger partial charge in [0.15, 0.2) is 11.0 Å². The van der Waals surface area contributed by atoms with E-state index in [-0.39, 0.29) is 16.9 Å². The molecular formula is C10H11ClFN5. The third kappa shape index (κ3) is 2.01. The molecule has 2 heterocycles. The zero-order valence-corrected chi connectivity index (χ0v) is 10.1. The molecule has 0 spiro atoms. The van der Waals surface area contributed by atoms with Crippen molar-refractivity contribution in [2.24, 2.45) is 5.73 Å². The Bertz CT molecular complexity index is 552. The number of halogens is 2. The normalized spacial score (nSPS) is 12.8. The highest BCUT2D eigenvalue weighted by molar-refractivity contribution is 6.29. The van der Waals surface area contributed by atoms with Crippen molar-refractivity contribution < 1.29 is 4.39 Å². The fourth-order valence-corrected chi connectivity index (χ4v) is 1.79. The molecule has 0 radical (unpaired) electrons. The van der Waals surface area contributed by atoms with Crippen molar-refractivity contribution in [3.8, 4) is 5.69 Å². The molecule has 17 heavy (non-hydrogen) atoms. The number of aryl methyl sites for hydroxylation is 1. The topological polar surface area (TPSA) is 69.6 Å². The van der Waals surface area contributed by atoms with Gasteiger partial charge < -0.3 is 5.73 Å². The van der Waals surface area contributed by atoms with Crippen molar-refractivity contribution in [3.63, 3.8) is 0 Å². The molecular weight excluding hydrogens is 245 g/mol. The Labute approximate surface area is 102 Å². The average molecular weight is 256 g/mol. The van der Waals surface area contributed by atoms with E-state index in [1.54, 1.807) is 13.8 Å². The molecule has 0 aliphatic rings. The van der Waals surface area contributed by atoms with Crippen LogP contribution in [0.25, 0.3) is 5.69 Å². The molecule has 2 N–H and O–H groups in total. The Morgan fingerprint density at radius 2 is 2.24 bits per heavy atom. The molecule has 0 aromatic carbocycles. The minimum absolute atomic E-state index is 0.193. The molecule has 0 saturated carbocycles. The summed E-state index contributed by atoms with van der Waals surface area (Å²) in [6.45, 7) is 3.55. The minimum atomic E-state index is -0.638. The van der Waals surface area contributed by atoms with Crippen LogP contribution >= 0.6 is 11.6 Å². The number of hydrogen-bond donors (Lipinski definition) is 1. The molecule has 2 aromatic heterocycles. The first-order valence-corrected chi connectivity index (χ1v) is 5.38. The summed E-state index contributed by atoms with van der Waals surface area (Å²) < 4.78 is 15.2. The molecule has 5 nitrogen and oxygen atoms in total. The van der Waals surface area contributed by atoms with Gasteiger partial charge in [-0.3, -0.25) is 0 Å². The van der Waals surface area contributed by atoms with E-state index in [1.807, 2.05) is 0 Å². The van der Waals surface area contributed by atoms with Gasteiger partial charge in [-0.2, -0.15) is 0 Å². The van der Waals surface area contributed by atoms with Crippen molar-refractivity contribution in [2.75, 3.05) is 0 Å². The van der Waals surface area contributed by atoms with Gasteiger partial charge in [0.05, 0.1) is 11.4 Å². The van der Waals surface area contributed by atoms with E-state index in [0.717, 1.165) is 0 Å². The molecule has 2 aromatic rings. The van der Waals surface area contributed by atoms with E-state index in [2.05, 4.69) is 15.3 Å². The van der Waals surface area contributed by atoms with E-state index >= 15 is 0 Å². The van der Waals surface area contributed by atoms with Gasteiger partial charge in [0.1, 0.15) is 5.69 Å². The van der Waals surface area contributed by atoms with Gasteiger partial charge in [-0.25, -0.2) is 14.1 Å². The molecule has 0 amide bonds. The maximum atomic E-state index is 13.8. The number of pyridine rings is 1. The Balaban J connectivity index is 2.65. The second-order valence-electron chi connectivity index (χ2n) is 3.70. The molecule has 2 rings (SSSR count). The zero-order valence-electron chi connectivity index (χ0n) is 9.35. The maximum absolute atomic E-state index is 13.8. The molecule has 90 valence electrons. The number of nitrogens with zero attached hydrogens (tertiary/aromatic N) is 4. The standard InChI is InChI=1S/C10H11ClFN5/c1-5(13)9-6(2)15-16-17(9)7-3-4-14-10(11)8(7)12/h3-5H,13H2,1-2H3. The van der Waals surface area contributed by atoms with E-state index in [0.29, 0.717) is 11.4 Å². The largest absolute Gasteiger partial charge is 0.323 e. The molecule has 0 bridgehead atoms. The molecule has 0 saturated heterocycles. The van der Waals surface area contributed by atoms with Gasteiger partial charge in [0, 0.05) is 12.2 Å². The Hall–Kier alpha value is -1.53. The third-order valence-corrected chi connectivity index (χ3v) is 2.63. The fourth-order valence-electron chi connectivity index (χ4n) is 1.64. The highest BCUT2D eigenvalue weighted by atomic mass is 35.5. The van der Waals surface area contributed by atoms with Crippen molar-refractivity contribution in [1.29, 1.82) is 0 Å². The summed E-state index contributed by atoms with van der Waals surface area (Å²) in [7, 11) is 0. The van der Waals surface area contributed by atoms with Gasteiger partial charge in [-0.05, 0) is 19.9 Å². The summed E-state index contributed by atoms with van der Waals surface area (Å²) in [5, 5.41) is 7.55. The van der Waals surface area contributed by atoms with Crippen LogP contribution in [-0.4, -0.2) is 20.0 Å². The highest BCUT2D eigenvalue weighted by Gasteiger charge is 2.18. The number of rotatable bonds is 2. The zero-order chi connectivity index (χ0) is 12.6. The number of nitrogens with two attached hydrogens (primary N) is 1. The van der Waals surface area contributed by atoms with Crippen molar-refractivity contribution >= 4 is 11.6 Å². The summed E-state index contributed by atoms with van der Waals surface area (Å²) in [5.74, 6) is -0.638. The lowest BCUT2D eigenvalue weighted by molar-refractivity contribution is 0.591. The van der Waals surface area contributed by atoms with Crippen LogP contribution in [0.5, 0.6) is 0 Å². The Morgan fingerprint density at radius 3 is 2.88 bits per heavy atom. The lowest BCUT2D eigenvalue weighted by atomic mass is 10.2. The second-order valence-corrected chi connectivity index (χ2v) is 4.05. The first-order valence-electron chi connectivity index (χ1n) is 5.00. The molecule has 0 aliphatic carbocycles. The first-order chi connectivity index (χ1) is 8.02. The van der Waals surface area contributed by atoms with Gasteiger partial charge in [0.25, 0.3) is 0 Å². The third-order valence-electron chi connectivity index (χ3n) is 2.37. The van der Waals surface area contributed by atoms with E-state index in [4.69, 9.17) is 17.3 Å². The highest BCUT2D eigenvalue weighted by Crippen LogP contribution is 2.22. The van der Waals surface area contributed by atoms with Gasteiger partial charge >= 0.3 is 0 Å². The second kappa shape index (κ2) is 4.38. The monoisotopic (exact) mass is 255 g/mol. The van der Waals surface area contributed by atoms with Gasteiger partial charge in [-0.15, -0.1) is 5.10 Å². The number of aromatic nitrogens is 4. The Kier molecular flexibility index (Phi) is 3.08. The van der Waals surface area contributed by atoms with Crippen molar-refractivity contribution in [2.45, 2.75) is 19.9 Å². The van der Waals surface area contributed by atoms with E-state index < -0.39 is 5.82 Å². The quantitative estimate of drug-likeness (QED) is 0.831. The van der Waals surface area contributed by atoms with Crippen molar-refractivity contribution in [1.82, 2.24) is 20.0 Å². The van der Waals surface area contributed by atoms with E-state index in [9.17, 15) is 4.39 Å². The lowest BCUT2D eigenvalue weighted by Gasteiger charge is -2.10. The van der Waals surface area contributed by atoms with E-state index in [1.165, 1.54) is 16.9 Å². The van der Waals surface area contributed by atoms with Crippen LogP contribution in [-0.2, 0) is 0 Å². The smallest absolute Gasteiger partial charge is 0.186 e. The SMILES string of the molecule is Cc1nnn(-c2ccnc(Cl)c2F)c1C(C)N. The Morgan fingerprint density at radius 1 is 1.53 bits per heavy atom. The van der Waals surface area contributed by atoms with Crippen LogP contribution in [0.4, 0.5) is 4.39 Å². The van der Waals surface area contributed by atoms with Crippen LogP contribution in [0.2, 0.25) is 5.15 Å². The van der Waals surface area contributed by atoms with Crippen LogP contribution in [0, 0.1) is 12.7 Å². The van der Waals surface area contributed by atoms with Gasteiger partial charge in [-0.1, -0.05) is 16.8 Å². The molecule has 0 aliphatic heterocycles. The molecule has 0 fully saturated rings. The maximum Gasteiger partial charge on any atom is 0.186 e. The van der Waals surface area contributed by atoms with Crippen LogP contribution < -0.4 is 5.73 Å². The molecule has 1 unspecified atom stereocenters. The van der Waals surface area contributed by atoms with Gasteiger partial charge in [0.2, 0.25) is 0 Å². The van der Waals surface area contributed by atoms with Crippen LogP contribution in [0.3, 0.4) is 0 Å². The predicted octanol–water partition coefficient (Wildman–Crippen LogP) is 1.78. The van der Waals surface area contributed by atoms with Crippen LogP contribution in [0.15, 0.2) is 12.3 Å². The summed E-state index contributed by atoms with van der Waals surface area (Å²) >= 11 is 5.62. The summed E-state index contributed by atoms with van der Waals surface area (Å²) in [6, 6.07) is 1.16. The fraction of sp³-hybridized carbons (Fsp3) is 0.300. The van der Waals surface area contributed by atoms with Crippen LogP contribution in [0.1, 0.15) is 24.4 Å². The predicted molar refractivity (Wildman–Crippen MR) is 61.5 cm³/mol. The first kappa shape index (κ1) is 11.9. The molecule has 7 heteroatoms.